The summed E-state index contributed by atoms with van der Waals surface area (Å²) >= 11 is 11.4. The quantitative estimate of drug-likeness (QED) is 0.676. The Morgan fingerprint density at radius 3 is 2.62 bits per heavy atom. The van der Waals surface area contributed by atoms with Gasteiger partial charge in [-0.15, -0.1) is 0 Å². The van der Waals surface area contributed by atoms with E-state index in [9.17, 15) is 14.9 Å². The third-order valence-corrected chi connectivity index (χ3v) is 2.90. The van der Waals surface area contributed by atoms with Gasteiger partial charge in [-0.05, 0) is 12.1 Å². The number of benzene rings is 1. The third-order valence-electron chi connectivity index (χ3n) is 2.36. The summed E-state index contributed by atoms with van der Waals surface area (Å²) in [4.78, 5) is 24.8. The fourth-order valence-corrected chi connectivity index (χ4v) is 1.81. The number of nitro groups is 1. The van der Waals surface area contributed by atoms with Crippen molar-refractivity contribution < 1.29 is 19.6 Å². The van der Waals surface area contributed by atoms with Gasteiger partial charge in [-0.25, -0.2) is 9.78 Å². The number of hydrogen-bond donors (Lipinski definition) is 1. The van der Waals surface area contributed by atoms with E-state index in [0.29, 0.717) is 0 Å². The first-order valence-corrected chi connectivity index (χ1v) is 6.15. The highest BCUT2D eigenvalue weighted by Crippen LogP contribution is 2.33. The number of pyridine rings is 1. The summed E-state index contributed by atoms with van der Waals surface area (Å²) in [5, 5.41) is 20.0. The molecule has 0 aliphatic rings. The van der Waals surface area contributed by atoms with Gasteiger partial charge in [-0.3, -0.25) is 10.1 Å². The molecule has 1 aromatic heterocycles. The highest BCUT2D eigenvalue weighted by molar-refractivity contribution is 6.33. The molecule has 0 amide bonds. The third kappa shape index (κ3) is 3.39. The number of rotatable bonds is 4. The largest absolute Gasteiger partial charge is 0.476 e. The van der Waals surface area contributed by atoms with E-state index in [0.717, 1.165) is 0 Å². The standard InChI is InChI=1S/C12H6Cl2N2O5/c13-6-1-3-8(16(19)20)9(5-6)21-10-4-2-7(14)11(15-10)12(17)18/h1-5H,(H,17,18). The maximum atomic E-state index is 10.9. The molecular formula is C12H6Cl2N2O5. The number of carboxylic acids is 1. The molecule has 21 heavy (non-hydrogen) atoms. The molecular weight excluding hydrogens is 323 g/mol. The van der Waals surface area contributed by atoms with E-state index >= 15 is 0 Å². The number of ether oxygens (including phenoxy) is 1. The molecule has 0 spiro atoms. The summed E-state index contributed by atoms with van der Waals surface area (Å²) in [6, 6.07) is 6.30. The molecule has 7 nitrogen and oxygen atoms in total. The van der Waals surface area contributed by atoms with Gasteiger partial charge in [-0.2, -0.15) is 0 Å². The van der Waals surface area contributed by atoms with Crippen LogP contribution in [0.4, 0.5) is 5.69 Å². The van der Waals surface area contributed by atoms with Crippen molar-refractivity contribution in [1.82, 2.24) is 4.98 Å². The summed E-state index contributed by atoms with van der Waals surface area (Å²) in [6.07, 6.45) is 0. The molecule has 0 fully saturated rings. The van der Waals surface area contributed by atoms with E-state index in [1.807, 2.05) is 0 Å². The van der Waals surface area contributed by atoms with Crippen LogP contribution in [0.25, 0.3) is 0 Å². The van der Waals surface area contributed by atoms with Gasteiger partial charge in [0, 0.05) is 23.2 Å². The van der Waals surface area contributed by atoms with E-state index in [4.69, 9.17) is 33.0 Å². The van der Waals surface area contributed by atoms with E-state index in [-0.39, 0.29) is 27.4 Å². The normalized spacial score (nSPS) is 10.2. The predicted octanol–water partition coefficient (Wildman–Crippen LogP) is 3.79. The minimum Gasteiger partial charge on any atom is -0.476 e. The van der Waals surface area contributed by atoms with Crippen molar-refractivity contribution in [3.05, 3.63) is 56.2 Å². The monoisotopic (exact) mass is 328 g/mol. The molecule has 0 saturated heterocycles. The Morgan fingerprint density at radius 2 is 2.00 bits per heavy atom. The van der Waals surface area contributed by atoms with Crippen LogP contribution in [0, 0.1) is 10.1 Å². The Labute approximate surface area is 127 Å². The first-order chi connectivity index (χ1) is 9.88. The number of carbonyl (C=O) groups is 1. The second kappa shape index (κ2) is 5.94. The smallest absolute Gasteiger partial charge is 0.356 e. The van der Waals surface area contributed by atoms with Gasteiger partial charge in [0.05, 0.1) is 9.95 Å². The minimum atomic E-state index is -1.34. The summed E-state index contributed by atoms with van der Waals surface area (Å²) in [7, 11) is 0. The molecule has 9 heteroatoms. The number of halogens is 2. The van der Waals surface area contributed by atoms with Gasteiger partial charge in [-0.1, -0.05) is 23.2 Å². The minimum absolute atomic E-state index is 0.0737. The zero-order chi connectivity index (χ0) is 15.6. The number of hydrogen-bond acceptors (Lipinski definition) is 5. The van der Waals surface area contributed by atoms with Crippen LogP contribution in [0.2, 0.25) is 10.0 Å². The molecule has 2 rings (SSSR count). The lowest BCUT2D eigenvalue weighted by Gasteiger charge is -2.07. The van der Waals surface area contributed by atoms with E-state index < -0.39 is 16.6 Å². The van der Waals surface area contributed by atoms with Crippen molar-refractivity contribution in [3.8, 4) is 11.6 Å². The lowest BCUT2D eigenvalue weighted by atomic mass is 10.3. The number of nitro benzene ring substituents is 1. The lowest BCUT2D eigenvalue weighted by molar-refractivity contribution is -0.385. The molecule has 1 N–H and O–H groups in total. The van der Waals surface area contributed by atoms with E-state index in [2.05, 4.69) is 4.98 Å². The molecule has 2 aromatic rings. The first-order valence-electron chi connectivity index (χ1n) is 5.40. The molecule has 1 aromatic carbocycles. The Bertz CT molecular complexity index is 736. The van der Waals surface area contributed by atoms with Gasteiger partial charge in [0.15, 0.2) is 5.69 Å². The molecule has 1 heterocycles. The fourth-order valence-electron chi connectivity index (χ4n) is 1.46. The van der Waals surface area contributed by atoms with E-state index in [1.54, 1.807) is 0 Å². The number of aromatic nitrogens is 1. The second-order valence-corrected chi connectivity index (χ2v) is 4.60. The molecule has 0 unspecified atom stereocenters. The van der Waals surface area contributed by atoms with Crippen LogP contribution in [0.3, 0.4) is 0 Å². The average molecular weight is 329 g/mol. The van der Waals surface area contributed by atoms with Crippen molar-refractivity contribution in [1.29, 1.82) is 0 Å². The Hall–Kier alpha value is -2.38. The number of aromatic carboxylic acids is 1. The van der Waals surface area contributed by atoms with Gasteiger partial charge >= 0.3 is 11.7 Å². The van der Waals surface area contributed by atoms with Crippen LogP contribution in [-0.2, 0) is 0 Å². The summed E-state index contributed by atoms with van der Waals surface area (Å²) in [6.45, 7) is 0. The molecule has 108 valence electrons. The fraction of sp³-hybridized carbons (Fsp3) is 0. The second-order valence-electron chi connectivity index (χ2n) is 3.76. The van der Waals surface area contributed by atoms with Crippen molar-refractivity contribution in [3.63, 3.8) is 0 Å². The maximum Gasteiger partial charge on any atom is 0.356 e. The summed E-state index contributed by atoms with van der Waals surface area (Å²) in [5.74, 6) is -1.65. The van der Waals surface area contributed by atoms with Crippen LogP contribution in [-0.4, -0.2) is 21.0 Å². The van der Waals surface area contributed by atoms with Crippen molar-refractivity contribution in [2.24, 2.45) is 0 Å². The summed E-state index contributed by atoms with van der Waals surface area (Å²) in [5.41, 5.74) is -0.744. The first kappa shape index (κ1) is 15.0. The number of carboxylic acid groups (broad SMARTS) is 1. The SMILES string of the molecule is O=C(O)c1nc(Oc2cc(Cl)ccc2[N+](=O)[O-])ccc1Cl. The lowest BCUT2D eigenvalue weighted by Crippen LogP contribution is -2.03. The van der Waals surface area contributed by atoms with E-state index in [1.165, 1.54) is 30.3 Å². The van der Waals surface area contributed by atoms with Gasteiger partial charge < -0.3 is 9.84 Å². The zero-order valence-corrected chi connectivity index (χ0v) is 11.6. The molecule has 0 saturated carbocycles. The van der Waals surface area contributed by atoms with Gasteiger partial charge in [0.25, 0.3) is 0 Å². The van der Waals surface area contributed by atoms with Crippen LogP contribution in [0.15, 0.2) is 30.3 Å². The van der Waals surface area contributed by atoms with Crippen molar-refractivity contribution >= 4 is 34.9 Å². The summed E-state index contributed by atoms with van der Waals surface area (Å²) < 4.78 is 5.24. The molecule has 0 radical (unpaired) electrons. The Balaban J connectivity index is 2.43. The van der Waals surface area contributed by atoms with Crippen molar-refractivity contribution in [2.45, 2.75) is 0 Å². The average Bonchev–Trinajstić information content (AvgIpc) is 2.40. The highest BCUT2D eigenvalue weighted by Gasteiger charge is 2.18. The molecule has 0 bridgehead atoms. The highest BCUT2D eigenvalue weighted by atomic mass is 35.5. The van der Waals surface area contributed by atoms with Gasteiger partial charge in [0.2, 0.25) is 11.6 Å². The van der Waals surface area contributed by atoms with Crippen molar-refractivity contribution in [2.75, 3.05) is 0 Å². The zero-order valence-electron chi connectivity index (χ0n) is 10.1. The number of nitrogens with zero attached hydrogens (tertiary/aromatic N) is 2. The topological polar surface area (TPSA) is 103 Å². The molecule has 0 aliphatic heterocycles. The Kier molecular flexibility index (Phi) is 4.25. The molecule has 0 aliphatic carbocycles. The Morgan fingerprint density at radius 1 is 1.29 bits per heavy atom. The van der Waals surface area contributed by atoms with Gasteiger partial charge in [0.1, 0.15) is 0 Å². The predicted molar refractivity (Wildman–Crippen MR) is 74.4 cm³/mol. The van der Waals surface area contributed by atoms with Crippen LogP contribution < -0.4 is 4.74 Å². The maximum absolute atomic E-state index is 10.9. The van der Waals surface area contributed by atoms with Crippen LogP contribution >= 0.6 is 23.2 Å². The molecule has 0 atom stereocenters. The van der Waals surface area contributed by atoms with Crippen LogP contribution in [0.1, 0.15) is 10.5 Å². The van der Waals surface area contributed by atoms with Crippen LogP contribution in [0.5, 0.6) is 11.6 Å².